The number of aryl methyl sites for hydroxylation is 1. The van der Waals surface area contributed by atoms with Gasteiger partial charge in [-0.15, -0.1) is 0 Å². The number of amides is 1. The van der Waals surface area contributed by atoms with E-state index in [0.717, 1.165) is 11.1 Å². The molecule has 0 aliphatic carbocycles. The molecule has 0 spiro atoms. The second-order valence-electron chi connectivity index (χ2n) is 6.27. The number of nitrogens with zero attached hydrogens (tertiary/aromatic N) is 1. The summed E-state index contributed by atoms with van der Waals surface area (Å²) in [7, 11) is 3.61. The normalized spacial score (nSPS) is 18.4. The average molecular weight is 320 g/mol. The first-order valence-corrected chi connectivity index (χ1v) is 7.72. The van der Waals surface area contributed by atoms with Crippen LogP contribution in [0.5, 0.6) is 0 Å². The summed E-state index contributed by atoms with van der Waals surface area (Å²) in [4.78, 5) is 26.3. The number of hydrogen-bond acceptors (Lipinski definition) is 4. The van der Waals surface area contributed by atoms with Crippen LogP contribution in [0.1, 0.15) is 30.0 Å². The zero-order chi connectivity index (χ0) is 17.0. The van der Waals surface area contributed by atoms with Crippen molar-refractivity contribution in [3.63, 3.8) is 0 Å². The van der Waals surface area contributed by atoms with Gasteiger partial charge in [0.15, 0.2) is 0 Å². The fourth-order valence-electron chi connectivity index (χ4n) is 2.85. The molecule has 0 unspecified atom stereocenters. The second-order valence-corrected chi connectivity index (χ2v) is 6.27. The van der Waals surface area contributed by atoms with Gasteiger partial charge in [-0.1, -0.05) is 29.8 Å². The highest BCUT2D eigenvalue weighted by Gasteiger charge is 2.43. The number of benzene rings is 1. The van der Waals surface area contributed by atoms with Crippen molar-refractivity contribution in [2.45, 2.75) is 31.3 Å². The van der Waals surface area contributed by atoms with Crippen molar-refractivity contribution in [3.8, 4) is 0 Å². The van der Waals surface area contributed by atoms with Gasteiger partial charge in [-0.25, -0.2) is 4.79 Å². The summed E-state index contributed by atoms with van der Waals surface area (Å²) >= 11 is 0. The number of ether oxygens (including phenoxy) is 1. The number of carbonyl (C=O) groups excluding carboxylic acids is 1. The Bertz CT molecular complexity index is 562. The number of carboxylic acids is 1. The van der Waals surface area contributed by atoms with Crippen molar-refractivity contribution in [3.05, 3.63) is 35.4 Å². The van der Waals surface area contributed by atoms with Crippen LogP contribution in [0.2, 0.25) is 0 Å². The summed E-state index contributed by atoms with van der Waals surface area (Å²) in [5.74, 6) is -1.31. The molecule has 0 radical (unpaired) electrons. The molecule has 1 aromatic rings. The van der Waals surface area contributed by atoms with Gasteiger partial charge in [0.05, 0.1) is 0 Å². The molecule has 126 valence electrons. The number of nitrogens with one attached hydrogen (secondary N) is 1. The Morgan fingerprint density at radius 2 is 1.78 bits per heavy atom. The minimum absolute atomic E-state index is 0.280. The number of carbonyl (C=O) groups is 2. The van der Waals surface area contributed by atoms with E-state index in [-0.39, 0.29) is 18.7 Å². The molecule has 0 aromatic heterocycles. The summed E-state index contributed by atoms with van der Waals surface area (Å²) in [6.07, 6.45) is 0.560. The van der Waals surface area contributed by atoms with Gasteiger partial charge in [-0.3, -0.25) is 9.69 Å². The molecule has 1 amide bonds. The molecular formula is C17H24N2O4. The highest BCUT2D eigenvalue weighted by molar-refractivity contribution is 5.90. The number of hydrogen-bond donors (Lipinski definition) is 2. The smallest absolute Gasteiger partial charge is 0.329 e. The molecule has 6 heteroatoms. The minimum atomic E-state index is -1.24. The van der Waals surface area contributed by atoms with Crippen molar-refractivity contribution in [1.82, 2.24) is 10.2 Å². The summed E-state index contributed by atoms with van der Waals surface area (Å²) in [5, 5.41) is 12.3. The molecular weight excluding hydrogens is 296 g/mol. The minimum Gasteiger partial charge on any atom is -0.480 e. The van der Waals surface area contributed by atoms with Crippen LogP contribution in [0.25, 0.3) is 0 Å². The lowest BCUT2D eigenvalue weighted by molar-refractivity contribution is -0.153. The van der Waals surface area contributed by atoms with Crippen LogP contribution in [0, 0.1) is 6.92 Å². The van der Waals surface area contributed by atoms with Crippen LogP contribution >= 0.6 is 0 Å². The molecule has 1 atom stereocenters. The standard InChI is InChI=1S/C17H24N2O4/c1-12-4-6-13(7-5-12)14(19(2)3)15(20)18-17(16(21)22)8-10-23-11-9-17/h4-7,14H,8-11H2,1-3H3,(H,18,20)(H,21,22)/t14-/m1/s1. The van der Waals surface area contributed by atoms with Gasteiger partial charge in [-0.2, -0.15) is 0 Å². The summed E-state index contributed by atoms with van der Waals surface area (Å²) < 4.78 is 5.24. The molecule has 1 heterocycles. The van der Waals surface area contributed by atoms with Crippen molar-refractivity contribution in [1.29, 1.82) is 0 Å². The fourth-order valence-corrected chi connectivity index (χ4v) is 2.85. The third-order valence-electron chi connectivity index (χ3n) is 4.28. The molecule has 1 aliphatic rings. The van der Waals surface area contributed by atoms with E-state index in [1.54, 1.807) is 4.90 Å². The Morgan fingerprint density at radius 3 is 2.26 bits per heavy atom. The molecule has 1 aliphatic heterocycles. The lowest BCUT2D eigenvalue weighted by Gasteiger charge is -2.36. The van der Waals surface area contributed by atoms with Gasteiger partial charge in [0.2, 0.25) is 5.91 Å². The maximum Gasteiger partial charge on any atom is 0.329 e. The SMILES string of the molecule is Cc1ccc([C@H](C(=O)NC2(C(=O)O)CCOCC2)N(C)C)cc1. The number of carboxylic acid groups (broad SMARTS) is 1. The molecule has 1 aromatic carbocycles. The Balaban J connectivity index is 2.23. The van der Waals surface area contributed by atoms with E-state index in [9.17, 15) is 14.7 Å². The van der Waals surface area contributed by atoms with Crippen molar-refractivity contribution < 1.29 is 19.4 Å². The van der Waals surface area contributed by atoms with Gasteiger partial charge < -0.3 is 15.2 Å². The highest BCUT2D eigenvalue weighted by atomic mass is 16.5. The van der Waals surface area contributed by atoms with Crippen LogP contribution in [-0.2, 0) is 14.3 Å². The van der Waals surface area contributed by atoms with Crippen LogP contribution in [0.15, 0.2) is 24.3 Å². The van der Waals surface area contributed by atoms with E-state index in [2.05, 4.69) is 5.32 Å². The van der Waals surface area contributed by atoms with Crippen LogP contribution in [-0.4, -0.2) is 54.7 Å². The lowest BCUT2D eigenvalue weighted by atomic mass is 9.89. The van der Waals surface area contributed by atoms with Crippen LogP contribution in [0.4, 0.5) is 0 Å². The molecule has 23 heavy (non-hydrogen) atoms. The van der Waals surface area contributed by atoms with E-state index < -0.39 is 17.6 Å². The van der Waals surface area contributed by atoms with Crippen molar-refractivity contribution in [2.24, 2.45) is 0 Å². The van der Waals surface area contributed by atoms with E-state index in [1.165, 1.54) is 0 Å². The molecule has 0 bridgehead atoms. The molecule has 6 nitrogen and oxygen atoms in total. The van der Waals surface area contributed by atoms with E-state index in [4.69, 9.17) is 4.74 Å². The Labute approximate surface area is 136 Å². The Kier molecular flexibility index (Phi) is 5.38. The first-order chi connectivity index (χ1) is 10.9. The predicted molar refractivity (Wildman–Crippen MR) is 86.2 cm³/mol. The number of aliphatic carboxylic acids is 1. The topological polar surface area (TPSA) is 78.9 Å². The largest absolute Gasteiger partial charge is 0.480 e. The van der Waals surface area contributed by atoms with Crippen LogP contribution < -0.4 is 5.32 Å². The lowest BCUT2D eigenvalue weighted by Crippen LogP contribution is -2.59. The fraction of sp³-hybridized carbons (Fsp3) is 0.529. The first kappa shape index (κ1) is 17.4. The van der Waals surface area contributed by atoms with Gasteiger partial charge >= 0.3 is 5.97 Å². The summed E-state index contributed by atoms with van der Waals surface area (Å²) in [5.41, 5.74) is 0.706. The third-order valence-corrected chi connectivity index (χ3v) is 4.28. The monoisotopic (exact) mass is 320 g/mol. The Hall–Kier alpha value is -1.92. The number of likely N-dealkylation sites (N-methyl/N-ethyl adjacent to an activating group) is 1. The summed E-state index contributed by atoms with van der Waals surface area (Å²) in [6.45, 7) is 2.66. The van der Waals surface area contributed by atoms with Crippen molar-refractivity contribution in [2.75, 3.05) is 27.3 Å². The molecule has 1 saturated heterocycles. The predicted octanol–water partition coefficient (Wildman–Crippen LogP) is 1.35. The van der Waals surface area contributed by atoms with Crippen LogP contribution in [0.3, 0.4) is 0 Å². The van der Waals surface area contributed by atoms with Gasteiger partial charge in [0.1, 0.15) is 11.6 Å². The highest BCUT2D eigenvalue weighted by Crippen LogP contribution is 2.25. The van der Waals surface area contributed by atoms with Gasteiger partial charge in [-0.05, 0) is 26.6 Å². The van der Waals surface area contributed by atoms with Gasteiger partial charge in [0, 0.05) is 26.1 Å². The summed E-state index contributed by atoms with van der Waals surface area (Å²) in [6, 6.07) is 7.16. The molecule has 0 saturated carbocycles. The zero-order valence-electron chi connectivity index (χ0n) is 13.8. The maximum atomic E-state index is 12.8. The molecule has 2 rings (SSSR count). The maximum absolute atomic E-state index is 12.8. The third kappa shape index (κ3) is 3.89. The zero-order valence-corrected chi connectivity index (χ0v) is 13.8. The molecule has 2 N–H and O–H groups in total. The molecule has 1 fully saturated rings. The van der Waals surface area contributed by atoms with Gasteiger partial charge in [0.25, 0.3) is 0 Å². The first-order valence-electron chi connectivity index (χ1n) is 7.72. The number of rotatable bonds is 5. The Morgan fingerprint density at radius 1 is 1.22 bits per heavy atom. The average Bonchev–Trinajstić information content (AvgIpc) is 2.50. The van der Waals surface area contributed by atoms with E-state index in [0.29, 0.717) is 13.2 Å². The quantitative estimate of drug-likeness (QED) is 0.856. The van der Waals surface area contributed by atoms with E-state index in [1.807, 2.05) is 45.3 Å². The van der Waals surface area contributed by atoms with Crippen molar-refractivity contribution >= 4 is 11.9 Å². The van der Waals surface area contributed by atoms with E-state index >= 15 is 0 Å². The second kappa shape index (κ2) is 7.10.